The zero-order valence-corrected chi connectivity index (χ0v) is 11.5. The number of hydrogen-bond acceptors (Lipinski definition) is 3. The van der Waals surface area contributed by atoms with Crippen molar-refractivity contribution in [2.45, 2.75) is 58.8 Å². The fraction of sp³-hybridized carbons (Fsp3) is 1.00. The van der Waals surface area contributed by atoms with Crippen LogP contribution >= 0.6 is 0 Å². The monoisotopic (exact) mass is 228 g/mol. The summed E-state index contributed by atoms with van der Waals surface area (Å²) in [5, 5.41) is 0. The maximum Gasteiger partial charge on any atom is 0.0757 e. The first kappa shape index (κ1) is 13.9. The first-order chi connectivity index (χ1) is 7.28. The van der Waals surface area contributed by atoms with E-state index in [1.54, 1.807) is 0 Å². The van der Waals surface area contributed by atoms with Crippen LogP contribution in [0.25, 0.3) is 0 Å². The van der Waals surface area contributed by atoms with Crippen LogP contribution in [-0.4, -0.2) is 42.3 Å². The predicted octanol–water partition coefficient (Wildman–Crippen LogP) is 1.86. The van der Waals surface area contributed by atoms with Crippen LogP contribution in [0.3, 0.4) is 0 Å². The number of ether oxygens (including phenoxy) is 1. The van der Waals surface area contributed by atoms with Crippen LogP contribution in [0.4, 0.5) is 0 Å². The fourth-order valence-electron chi connectivity index (χ4n) is 2.74. The van der Waals surface area contributed by atoms with Gasteiger partial charge in [-0.05, 0) is 33.1 Å². The molecule has 3 nitrogen and oxygen atoms in total. The number of rotatable bonds is 4. The van der Waals surface area contributed by atoms with Gasteiger partial charge >= 0.3 is 0 Å². The van der Waals surface area contributed by atoms with Crippen LogP contribution in [0.2, 0.25) is 0 Å². The van der Waals surface area contributed by atoms with Gasteiger partial charge in [0.05, 0.1) is 11.7 Å². The van der Waals surface area contributed by atoms with Gasteiger partial charge in [-0.25, -0.2) is 0 Å². The Balaban J connectivity index is 2.41. The molecule has 2 atom stereocenters. The van der Waals surface area contributed by atoms with Gasteiger partial charge in [0, 0.05) is 25.7 Å². The molecule has 16 heavy (non-hydrogen) atoms. The highest BCUT2D eigenvalue weighted by atomic mass is 16.5. The number of morpholine rings is 1. The Morgan fingerprint density at radius 3 is 2.56 bits per heavy atom. The van der Waals surface area contributed by atoms with Gasteiger partial charge in [-0.1, -0.05) is 13.8 Å². The van der Waals surface area contributed by atoms with E-state index in [2.05, 4.69) is 39.5 Å². The minimum absolute atomic E-state index is 0.0325. The summed E-state index contributed by atoms with van der Waals surface area (Å²) in [6.07, 6.45) is 1.42. The molecule has 1 fully saturated rings. The molecule has 0 aromatic heterocycles. The molecule has 0 aliphatic carbocycles. The van der Waals surface area contributed by atoms with E-state index in [1.807, 2.05) is 0 Å². The van der Waals surface area contributed by atoms with Gasteiger partial charge in [-0.3, -0.25) is 4.90 Å². The molecule has 0 aromatic carbocycles. The van der Waals surface area contributed by atoms with Gasteiger partial charge in [-0.15, -0.1) is 0 Å². The van der Waals surface area contributed by atoms with Crippen molar-refractivity contribution in [3.8, 4) is 0 Å². The van der Waals surface area contributed by atoms with Crippen molar-refractivity contribution in [1.29, 1.82) is 0 Å². The summed E-state index contributed by atoms with van der Waals surface area (Å²) in [6, 6.07) is 0.293. The summed E-state index contributed by atoms with van der Waals surface area (Å²) >= 11 is 0. The normalized spacial score (nSPS) is 28.3. The Bertz CT molecular complexity index is 216. The van der Waals surface area contributed by atoms with E-state index in [9.17, 15) is 0 Å². The molecule has 0 radical (unpaired) electrons. The van der Waals surface area contributed by atoms with E-state index in [1.165, 1.54) is 0 Å². The maximum atomic E-state index is 6.16. The van der Waals surface area contributed by atoms with Crippen molar-refractivity contribution >= 4 is 0 Å². The van der Waals surface area contributed by atoms with E-state index >= 15 is 0 Å². The fourth-order valence-corrected chi connectivity index (χ4v) is 2.74. The Morgan fingerprint density at radius 2 is 2.06 bits per heavy atom. The first-order valence-corrected chi connectivity index (χ1v) is 6.44. The summed E-state index contributed by atoms with van der Waals surface area (Å²) in [4.78, 5) is 2.45. The van der Waals surface area contributed by atoms with Crippen LogP contribution in [0, 0.1) is 5.92 Å². The zero-order valence-electron chi connectivity index (χ0n) is 11.5. The molecule has 2 N–H and O–H groups in total. The maximum absolute atomic E-state index is 6.16. The molecule has 1 saturated heterocycles. The van der Waals surface area contributed by atoms with Crippen molar-refractivity contribution in [3.63, 3.8) is 0 Å². The molecule has 2 unspecified atom stereocenters. The van der Waals surface area contributed by atoms with E-state index in [0.29, 0.717) is 18.1 Å². The minimum Gasteiger partial charge on any atom is -0.370 e. The van der Waals surface area contributed by atoms with Gasteiger partial charge in [0.2, 0.25) is 0 Å². The van der Waals surface area contributed by atoms with Crippen molar-refractivity contribution in [2.24, 2.45) is 11.7 Å². The number of nitrogens with zero attached hydrogens (tertiary/aromatic N) is 1. The van der Waals surface area contributed by atoms with Gasteiger partial charge in [0.15, 0.2) is 0 Å². The molecule has 0 bridgehead atoms. The lowest BCUT2D eigenvalue weighted by molar-refractivity contribution is -0.129. The molecule has 0 spiro atoms. The van der Waals surface area contributed by atoms with Crippen LogP contribution in [0.5, 0.6) is 0 Å². The van der Waals surface area contributed by atoms with Crippen LogP contribution < -0.4 is 5.73 Å². The average molecular weight is 228 g/mol. The minimum atomic E-state index is -0.0325. The van der Waals surface area contributed by atoms with Crippen molar-refractivity contribution in [2.75, 3.05) is 19.6 Å². The third-order valence-electron chi connectivity index (χ3n) is 2.91. The molecule has 96 valence electrons. The molecule has 1 heterocycles. The molecular weight excluding hydrogens is 200 g/mol. The summed E-state index contributed by atoms with van der Waals surface area (Å²) in [7, 11) is 0. The third kappa shape index (κ3) is 4.81. The van der Waals surface area contributed by atoms with Gasteiger partial charge in [0.25, 0.3) is 0 Å². The van der Waals surface area contributed by atoms with Gasteiger partial charge < -0.3 is 10.5 Å². The summed E-state index contributed by atoms with van der Waals surface area (Å²) in [5.74, 6) is 0.682. The van der Waals surface area contributed by atoms with Crippen molar-refractivity contribution < 1.29 is 4.74 Å². The molecular formula is C13H28N2O. The first-order valence-electron chi connectivity index (χ1n) is 6.44. The predicted molar refractivity (Wildman–Crippen MR) is 68.5 cm³/mol. The number of hydrogen-bond donors (Lipinski definition) is 1. The second-order valence-corrected chi connectivity index (χ2v) is 6.27. The Kier molecular flexibility index (Phi) is 4.77. The van der Waals surface area contributed by atoms with E-state index < -0.39 is 0 Å². The second-order valence-electron chi connectivity index (χ2n) is 6.27. The Labute approximate surface area is 100 Å². The SMILES string of the molecule is CC(C)CC(N)CN1CC(C)OC(C)(C)C1. The Morgan fingerprint density at radius 1 is 1.44 bits per heavy atom. The van der Waals surface area contributed by atoms with Gasteiger partial charge in [-0.2, -0.15) is 0 Å². The van der Waals surface area contributed by atoms with Crippen molar-refractivity contribution in [3.05, 3.63) is 0 Å². The third-order valence-corrected chi connectivity index (χ3v) is 2.91. The lowest BCUT2D eigenvalue weighted by Gasteiger charge is -2.42. The smallest absolute Gasteiger partial charge is 0.0757 e. The summed E-state index contributed by atoms with van der Waals surface area (Å²) in [6.45, 7) is 13.9. The highest BCUT2D eigenvalue weighted by Crippen LogP contribution is 2.21. The highest BCUT2D eigenvalue weighted by molar-refractivity contribution is 4.84. The molecule has 1 aliphatic heterocycles. The van der Waals surface area contributed by atoms with E-state index in [-0.39, 0.29) is 5.60 Å². The molecule has 3 heteroatoms. The lowest BCUT2D eigenvalue weighted by Crippen LogP contribution is -2.54. The van der Waals surface area contributed by atoms with Crippen molar-refractivity contribution in [1.82, 2.24) is 4.90 Å². The van der Waals surface area contributed by atoms with Crippen LogP contribution in [-0.2, 0) is 4.74 Å². The standard InChI is InChI=1S/C13H28N2O/c1-10(2)6-12(14)8-15-7-11(3)16-13(4,5)9-15/h10-12H,6-9,14H2,1-5H3. The molecule has 0 amide bonds. The average Bonchev–Trinajstić information content (AvgIpc) is 1.95. The molecule has 0 aromatic rings. The van der Waals surface area contributed by atoms with E-state index in [0.717, 1.165) is 26.1 Å². The molecule has 0 saturated carbocycles. The molecule has 1 aliphatic rings. The largest absolute Gasteiger partial charge is 0.370 e. The quantitative estimate of drug-likeness (QED) is 0.798. The lowest BCUT2D eigenvalue weighted by atomic mass is 10.0. The topological polar surface area (TPSA) is 38.5 Å². The van der Waals surface area contributed by atoms with Gasteiger partial charge in [0.1, 0.15) is 0 Å². The zero-order chi connectivity index (χ0) is 12.3. The summed E-state index contributed by atoms with van der Waals surface area (Å²) < 4.78 is 5.88. The van der Waals surface area contributed by atoms with Crippen LogP contribution in [0.1, 0.15) is 41.0 Å². The number of nitrogens with two attached hydrogens (primary N) is 1. The Hall–Kier alpha value is -0.120. The highest BCUT2D eigenvalue weighted by Gasteiger charge is 2.31. The van der Waals surface area contributed by atoms with E-state index in [4.69, 9.17) is 10.5 Å². The second kappa shape index (κ2) is 5.48. The molecule has 1 rings (SSSR count). The summed E-state index contributed by atoms with van der Waals surface area (Å²) in [5.41, 5.74) is 6.12. The van der Waals surface area contributed by atoms with Crippen LogP contribution in [0.15, 0.2) is 0 Å².